The summed E-state index contributed by atoms with van der Waals surface area (Å²) in [6, 6.07) is 38.3. The topological polar surface area (TPSA) is 4.93 Å². The fraction of sp³-hybridized carbons (Fsp3) is 0.0556. The first-order valence-electron chi connectivity index (χ1n) is 13.5. The lowest BCUT2D eigenvalue weighted by atomic mass is 10.0. The van der Waals surface area contributed by atoms with E-state index in [9.17, 15) is 0 Å². The van der Waals surface area contributed by atoms with E-state index in [1.165, 1.54) is 78.6 Å². The van der Waals surface area contributed by atoms with Gasteiger partial charge in [0, 0.05) is 51.3 Å². The van der Waals surface area contributed by atoms with E-state index in [1.807, 2.05) is 22.7 Å². The molecular weight excluding hydrogens is 511 g/mol. The summed E-state index contributed by atoms with van der Waals surface area (Å²) in [6.45, 7) is 0. The molecule has 0 N–H and O–H groups in total. The Bertz CT molecular complexity index is 2340. The van der Waals surface area contributed by atoms with Gasteiger partial charge in [0.25, 0.3) is 0 Å². The number of thiophene rings is 2. The van der Waals surface area contributed by atoms with E-state index in [0.717, 1.165) is 12.8 Å². The Balaban J connectivity index is 1.28. The summed E-state index contributed by atoms with van der Waals surface area (Å²) in [6.07, 6.45) is 7.13. The first-order valence-corrected chi connectivity index (χ1v) is 15.1. The fourth-order valence-electron chi connectivity index (χ4n) is 6.46. The molecule has 3 aromatic heterocycles. The molecule has 0 fully saturated rings. The molecule has 1 aliphatic rings. The Kier molecular flexibility index (Phi) is 4.54. The molecule has 9 rings (SSSR count). The van der Waals surface area contributed by atoms with Gasteiger partial charge in [-0.2, -0.15) is 0 Å². The van der Waals surface area contributed by atoms with Crippen molar-refractivity contribution in [3.8, 4) is 16.8 Å². The van der Waals surface area contributed by atoms with Gasteiger partial charge >= 0.3 is 0 Å². The van der Waals surface area contributed by atoms with Crippen LogP contribution in [0, 0.1) is 0 Å². The van der Waals surface area contributed by atoms with Gasteiger partial charge in [-0.25, -0.2) is 0 Å². The second kappa shape index (κ2) is 8.16. The predicted molar refractivity (Wildman–Crippen MR) is 172 cm³/mol. The van der Waals surface area contributed by atoms with Gasteiger partial charge in [-0.3, -0.25) is 0 Å². The van der Waals surface area contributed by atoms with Crippen LogP contribution in [0.2, 0.25) is 0 Å². The number of nitrogens with zero attached hydrogens (tertiary/aromatic N) is 1. The molecular formula is C36H23NS2. The average molecular weight is 534 g/mol. The number of rotatable bonds is 2. The third-order valence-corrected chi connectivity index (χ3v) is 10.6. The van der Waals surface area contributed by atoms with Crippen LogP contribution < -0.4 is 9.75 Å². The molecule has 1 nitrogen and oxygen atoms in total. The van der Waals surface area contributed by atoms with Crippen molar-refractivity contribution in [1.29, 1.82) is 0 Å². The number of aromatic nitrogens is 1. The number of benzene rings is 5. The monoisotopic (exact) mass is 533 g/mol. The van der Waals surface area contributed by atoms with Crippen molar-refractivity contribution in [1.82, 2.24) is 4.57 Å². The smallest absolute Gasteiger partial charge is 0.0541 e. The molecule has 3 heteroatoms. The van der Waals surface area contributed by atoms with Crippen molar-refractivity contribution in [3.05, 3.63) is 113 Å². The van der Waals surface area contributed by atoms with Crippen LogP contribution in [-0.4, -0.2) is 4.57 Å². The van der Waals surface area contributed by atoms with Gasteiger partial charge in [0.15, 0.2) is 0 Å². The molecule has 5 aromatic carbocycles. The van der Waals surface area contributed by atoms with Gasteiger partial charge in [-0.1, -0.05) is 72.8 Å². The minimum absolute atomic E-state index is 1.14. The summed E-state index contributed by atoms with van der Waals surface area (Å²) in [7, 11) is 0. The molecule has 0 atom stereocenters. The third kappa shape index (κ3) is 3.12. The lowest BCUT2D eigenvalue weighted by molar-refractivity contribution is 1.13. The van der Waals surface area contributed by atoms with Gasteiger partial charge in [0.2, 0.25) is 0 Å². The van der Waals surface area contributed by atoms with E-state index in [0.29, 0.717) is 0 Å². The van der Waals surface area contributed by atoms with Crippen LogP contribution in [-0.2, 0) is 0 Å². The van der Waals surface area contributed by atoms with Crippen molar-refractivity contribution in [2.24, 2.45) is 0 Å². The molecule has 0 saturated carbocycles. The van der Waals surface area contributed by atoms with Gasteiger partial charge in [-0.05, 0) is 71.7 Å². The van der Waals surface area contributed by atoms with Crippen LogP contribution >= 0.6 is 22.7 Å². The Hall–Kier alpha value is -4.18. The van der Waals surface area contributed by atoms with Crippen molar-refractivity contribution >= 4 is 86.9 Å². The molecule has 0 amide bonds. The Labute approximate surface area is 233 Å². The van der Waals surface area contributed by atoms with Gasteiger partial charge in [0.1, 0.15) is 0 Å². The Morgan fingerprint density at radius 2 is 1.26 bits per heavy atom. The summed E-state index contributed by atoms with van der Waals surface area (Å²) in [5.74, 6) is 0. The highest BCUT2D eigenvalue weighted by Gasteiger charge is 2.15. The third-order valence-electron chi connectivity index (χ3n) is 8.23. The van der Waals surface area contributed by atoms with E-state index in [4.69, 9.17) is 0 Å². The maximum atomic E-state index is 2.42. The van der Waals surface area contributed by atoms with Crippen LogP contribution in [0.3, 0.4) is 0 Å². The minimum Gasteiger partial charge on any atom is -0.309 e. The van der Waals surface area contributed by atoms with E-state index < -0.39 is 0 Å². The highest BCUT2D eigenvalue weighted by molar-refractivity contribution is 7.26. The van der Waals surface area contributed by atoms with Crippen LogP contribution in [0.1, 0.15) is 12.8 Å². The van der Waals surface area contributed by atoms with Gasteiger partial charge < -0.3 is 4.57 Å². The van der Waals surface area contributed by atoms with E-state index in [1.54, 1.807) is 0 Å². The summed E-state index contributed by atoms with van der Waals surface area (Å²) in [5, 5.41) is 8.09. The normalized spacial score (nSPS) is 13.3. The second-order valence-electron chi connectivity index (χ2n) is 10.4. The first-order chi connectivity index (χ1) is 19.3. The Morgan fingerprint density at radius 3 is 2.10 bits per heavy atom. The zero-order chi connectivity index (χ0) is 25.5. The second-order valence-corrected chi connectivity index (χ2v) is 12.5. The van der Waals surface area contributed by atoms with Crippen LogP contribution in [0.25, 0.3) is 81.0 Å². The molecule has 0 saturated heterocycles. The van der Waals surface area contributed by atoms with Crippen molar-refractivity contribution in [2.75, 3.05) is 0 Å². The van der Waals surface area contributed by atoms with E-state index >= 15 is 0 Å². The lowest BCUT2D eigenvalue weighted by Crippen LogP contribution is -2.20. The molecule has 0 unspecified atom stereocenters. The number of hydrogen-bond acceptors (Lipinski definition) is 2. The van der Waals surface area contributed by atoms with Crippen molar-refractivity contribution in [2.45, 2.75) is 12.8 Å². The predicted octanol–water partition coefficient (Wildman–Crippen LogP) is 9.39. The zero-order valence-corrected chi connectivity index (χ0v) is 22.8. The number of hydrogen-bond donors (Lipinski definition) is 0. The van der Waals surface area contributed by atoms with Gasteiger partial charge in [0.05, 0.1) is 11.0 Å². The highest BCUT2D eigenvalue weighted by Crippen LogP contribution is 2.42. The number of fused-ring (bicyclic) bond motifs is 9. The van der Waals surface area contributed by atoms with Crippen LogP contribution in [0.15, 0.2) is 103 Å². The van der Waals surface area contributed by atoms with Crippen molar-refractivity contribution in [3.63, 3.8) is 0 Å². The maximum Gasteiger partial charge on any atom is 0.0541 e. The van der Waals surface area contributed by atoms with E-state index in [-0.39, 0.29) is 0 Å². The molecule has 1 aliphatic carbocycles. The average Bonchev–Trinajstić information content (AvgIpc) is 3.66. The molecule has 8 aromatic rings. The largest absolute Gasteiger partial charge is 0.309 e. The summed E-state index contributed by atoms with van der Waals surface area (Å²) >= 11 is 3.84. The van der Waals surface area contributed by atoms with Crippen molar-refractivity contribution < 1.29 is 0 Å². The summed E-state index contributed by atoms with van der Waals surface area (Å²) < 4.78 is 7.94. The molecule has 39 heavy (non-hydrogen) atoms. The minimum atomic E-state index is 1.14. The molecule has 3 heterocycles. The summed E-state index contributed by atoms with van der Waals surface area (Å²) in [5.41, 5.74) is 6.35. The molecule has 184 valence electrons. The quantitative estimate of drug-likeness (QED) is 0.209. The standard InChI is InChI=1S/C36H23NS2/c1-4-13-31-25(8-1)26-9-2-5-14-32(26)37(31)23-17-19-35-30(21-23)28-12-7-11-24(36(28)39-35)22-16-18-34-29(20-22)27-10-3-6-15-33(27)38-34/h1-2,4-5,7-21H,3,6H2. The molecule has 0 aliphatic heterocycles. The van der Waals surface area contributed by atoms with Gasteiger partial charge in [-0.15, -0.1) is 22.7 Å². The maximum absolute atomic E-state index is 2.42. The van der Waals surface area contributed by atoms with Crippen LogP contribution in [0.4, 0.5) is 0 Å². The Morgan fingerprint density at radius 1 is 0.538 bits per heavy atom. The number of para-hydroxylation sites is 2. The van der Waals surface area contributed by atoms with E-state index in [2.05, 4.69) is 120 Å². The van der Waals surface area contributed by atoms with Crippen LogP contribution in [0.5, 0.6) is 0 Å². The first kappa shape index (κ1) is 21.7. The highest BCUT2D eigenvalue weighted by atomic mass is 32.1. The SMILES string of the molecule is C1=c2sc3ccc(-c4cccc5c4sc4ccc(-n6c7ccccc7c7ccccc76)cc45)cc3c2=CCC1. The lowest BCUT2D eigenvalue weighted by Gasteiger charge is -2.08. The summed E-state index contributed by atoms with van der Waals surface area (Å²) in [4.78, 5) is 0. The zero-order valence-electron chi connectivity index (χ0n) is 21.1. The molecule has 0 bridgehead atoms. The fourth-order valence-corrected chi connectivity index (χ4v) is 8.84. The molecule has 0 radical (unpaired) electrons. The molecule has 0 spiro atoms.